The van der Waals surface area contributed by atoms with Gasteiger partial charge < -0.3 is 20.8 Å². The first-order chi connectivity index (χ1) is 7.91. The summed E-state index contributed by atoms with van der Waals surface area (Å²) in [7, 11) is 0. The minimum absolute atomic E-state index is 0.113. The van der Waals surface area contributed by atoms with Gasteiger partial charge in [-0.05, 0) is 12.8 Å². The Hall–Kier alpha value is -1.63. The Morgan fingerprint density at radius 2 is 2.00 bits per heavy atom. The van der Waals surface area contributed by atoms with E-state index in [0.717, 1.165) is 0 Å². The number of piperidine rings is 1. The van der Waals surface area contributed by atoms with Crippen LogP contribution in [-0.2, 0) is 14.4 Å². The molecule has 96 valence electrons. The summed E-state index contributed by atoms with van der Waals surface area (Å²) in [4.78, 5) is 34.3. The number of amides is 1. The van der Waals surface area contributed by atoms with Crippen LogP contribution in [0.5, 0.6) is 0 Å². The third-order valence-corrected chi connectivity index (χ3v) is 2.79. The fourth-order valence-corrected chi connectivity index (χ4v) is 1.89. The van der Waals surface area contributed by atoms with E-state index in [9.17, 15) is 14.4 Å². The Morgan fingerprint density at radius 3 is 2.53 bits per heavy atom. The van der Waals surface area contributed by atoms with E-state index in [4.69, 9.17) is 15.9 Å². The summed E-state index contributed by atoms with van der Waals surface area (Å²) in [5, 5.41) is 17.4. The molecule has 1 fully saturated rings. The number of carbonyl (C=O) groups is 3. The molecule has 1 saturated heterocycles. The van der Waals surface area contributed by atoms with Gasteiger partial charge in [0.05, 0.1) is 18.4 Å². The number of hydrogen-bond acceptors (Lipinski definition) is 4. The van der Waals surface area contributed by atoms with Crippen LogP contribution in [-0.4, -0.2) is 52.1 Å². The number of carboxylic acid groups (broad SMARTS) is 2. The molecule has 4 N–H and O–H groups in total. The molecule has 17 heavy (non-hydrogen) atoms. The second-order valence-electron chi connectivity index (χ2n) is 4.17. The van der Waals surface area contributed by atoms with Gasteiger partial charge in [0.25, 0.3) is 0 Å². The number of nitrogens with zero attached hydrogens (tertiary/aromatic N) is 1. The Kier molecular flexibility index (Phi) is 4.45. The fraction of sp³-hybridized carbons (Fsp3) is 0.700. The van der Waals surface area contributed by atoms with Crippen molar-refractivity contribution in [3.05, 3.63) is 0 Å². The molecule has 0 radical (unpaired) electrons. The quantitative estimate of drug-likeness (QED) is 0.590. The van der Waals surface area contributed by atoms with Gasteiger partial charge in [-0.1, -0.05) is 0 Å². The van der Waals surface area contributed by atoms with E-state index in [0.29, 0.717) is 19.4 Å². The first-order valence-corrected chi connectivity index (χ1v) is 5.40. The second-order valence-corrected chi connectivity index (χ2v) is 4.17. The third-order valence-electron chi connectivity index (χ3n) is 2.79. The molecule has 7 heteroatoms. The maximum absolute atomic E-state index is 11.7. The molecule has 1 heterocycles. The zero-order valence-electron chi connectivity index (χ0n) is 9.33. The van der Waals surface area contributed by atoms with Crippen molar-refractivity contribution in [1.82, 2.24) is 4.90 Å². The first-order valence-electron chi connectivity index (χ1n) is 5.40. The van der Waals surface area contributed by atoms with Crippen LogP contribution in [0.15, 0.2) is 0 Å². The molecule has 0 aliphatic carbocycles. The van der Waals surface area contributed by atoms with Crippen molar-refractivity contribution in [3.8, 4) is 0 Å². The van der Waals surface area contributed by atoms with Gasteiger partial charge in [0.2, 0.25) is 5.91 Å². The van der Waals surface area contributed by atoms with E-state index < -0.39 is 36.2 Å². The number of carbonyl (C=O) groups excluding carboxylic acids is 1. The fourth-order valence-electron chi connectivity index (χ4n) is 1.89. The normalized spacial score (nSPS) is 21.9. The average Bonchev–Trinajstić information content (AvgIpc) is 2.27. The van der Waals surface area contributed by atoms with Crippen molar-refractivity contribution >= 4 is 17.8 Å². The Morgan fingerprint density at radius 1 is 1.35 bits per heavy atom. The summed E-state index contributed by atoms with van der Waals surface area (Å²) < 4.78 is 0. The van der Waals surface area contributed by atoms with Crippen molar-refractivity contribution in [2.45, 2.75) is 25.3 Å². The van der Waals surface area contributed by atoms with E-state index in [1.165, 1.54) is 4.90 Å². The molecule has 1 amide bonds. The highest BCUT2D eigenvalue weighted by Crippen LogP contribution is 2.17. The predicted molar refractivity (Wildman–Crippen MR) is 57.2 cm³/mol. The topological polar surface area (TPSA) is 121 Å². The molecule has 0 spiro atoms. The minimum atomic E-state index is -1.14. The van der Waals surface area contributed by atoms with Crippen molar-refractivity contribution in [1.29, 1.82) is 0 Å². The Labute approximate surface area is 98.2 Å². The molecule has 1 aliphatic rings. The molecule has 0 aromatic rings. The van der Waals surface area contributed by atoms with E-state index in [1.54, 1.807) is 0 Å². The molecule has 0 aromatic heterocycles. The highest BCUT2D eigenvalue weighted by atomic mass is 16.4. The SMILES string of the molecule is NC(CC(=O)O)C(=O)N1CCCC(C(=O)O)C1. The van der Waals surface area contributed by atoms with E-state index >= 15 is 0 Å². The maximum atomic E-state index is 11.7. The van der Waals surface area contributed by atoms with Crippen LogP contribution in [0.2, 0.25) is 0 Å². The molecule has 0 saturated carbocycles. The lowest BCUT2D eigenvalue weighted by atomic mass is 9.97. The van der Waals surface area contributed by atoms with Gasteiger partial charge in [0.1, 0.15) is 0 Å². The summed E-state index contributed by atoms with van der Waals surface area (Å²) in [5.74, 6) is -3.14. The van der Waals surface area contributed by atoms with Gasteiger partial charge in [-0.25, -0.2) is 0 Å². The van der Waals surface area contributed by atoms with Gasteiger partial charge in [0.15, 0.2) is 0 Å². The number of rotatable bonds is 4. The highest BCUT2D eigenvalue weighted by molar-refractivity contribution is 5.86. The molecular formula is C10H16N2O5. The van der Waals surface area contributed by atoms with Gasteiger partial charge in [-0.2, -0.15) is 0 Å². The summed E-state index contributed by atoms with van der Waals surface area (Å²) in [6.07, 6.45) is 0.697. The Balaban J connectivity index is 2.57. The van der Waals surface area contributed by atoms with Crippen molar-refractivity contribution in [2.75, 3.05) is 13.1 Å². The van der Waals surface area contributed by atoms with Crippen molar-refractivity contribution < 1.29 is 24.6 Å². The summed E-state index contributed by atoms with van der Waals surface area (Å²) in [5.41, 5.74) is 5.45. The lowest BCUT2D eigenvalue weighted by Crippen LogP contribution is -2.49. The second kappa shape index (κ2) is 5.62. The number of nitrogens with two attached hydrogens (primary N) is 1. The molecule has 0 aromatic carbocycles. The zero-order valence-corrected chi connectivity index (χ0v) is 9.33. The van der Waals surface area contributed by atoms with E-state index in [1.807, 2.05) is 0 Å². The van der Waals surface area contributed by atoms with Crippen LogP contribution in [0.4, 0.5) is 0 Å². The molecule has 2 unspecified atom stereocenters. The van der Waals surface area contributed by atoms with Gasteiger partial charge in [0, 0.05) is 13.1 Å². The number of aliphatic carboxylic acids is 2. The number of carboxylic acids is 2. The predicted octanol–water partition coefficient (Wildman–Crippen LogP) is -0.888. The molecule has 1 aliphatic heterocycles. The van der Waals surface area contributed by atoms with Gasteiger partial charge in [-0.15, -0.1) is 0 Å². The summed E-state index contributed by atoms with van der Waals surface area (Å²) >= 11 is 0. The van der Waals surface area contributed by atoms with E-state index in [2.05, 4.69) is 0 Å². The molecule has 2 atom stereocenters. The first kappa shape index (κ1) is 13.4. The lowest BCUT2D eigenvalue weighted by molar-refractivity contribution is -0.147. The van der Waals surface area contributed by atoms with Crippen LogP contribution in [0.3, 0.4) is 0 Å². The standard InChI is InChI=1S/C10H16N2O5/c11-7(4-8(13)14)9(15)12-3-1-2-6(5-12)10(16)17/h6-7H,1-5,11H2,(H,13,14)(H,16,17). The van der Waals surface area contributed by atoms with Crippen LogP contribution in [0.1, 0.15) is 19.3 Å². The third kappa shape index (κ3) is 3.70. The lowest BCUT2D eigenvalue weighted by Gasteiger charge is -2.32. The smallest absolute Gasteiger partial charge is 0.308 e. The van der Waals surface area contributed by atoms with Crippen LogP contribution in [0, 0.1) is 5.92 Å². The Bertz CT molecular complexity index is 331. The summed E-state index contributed by atoms with van der Waals surface area (Å²) in [6.45, 7) is 0.553. The molecule has 0 bridgehead atoms. The highest BCUT2D eigenvalue weighted by Gasteiger charge is 2.30. The van der Waals surface area contributed by atoms with Gasteiger partial charge in [-0.3, -0.25) is 14.4 Å². The average molecular weight is 244 g/mol. The minimum Gasteiger partial charge on any atom is -0.481 e. The van der Waals surface area contributed by atoms with Crippen molar-refractivity contribution in [2.24, 2.45) is 11.7 Å². The monoisotopic (exact) mass is 244 g/mol. The largest absolute Gasteiger partial charge is 0.481 e. The molecular weight excluding hydrogens is 228 g/mol. The van der Waals surface area contributed by atoms with Crippen LogP contribution >= 0.6 is 0 Å². The van der Waals surface area contributed by atoms with Crippen LogP contribution < -0.4 is 5.73 Å². The van der Waals surface area contributed by atoms with Crippen LogP contribution in [0.25, 0.3) is 0 Å². The molecule has 7 nitrogen and oxygen atoms in total. The molecule has 1 rings (SSSR count). The van der Waals surface area contributed by atoms with E-state index in [-0.39, 0.29) is 6.54 Å². The van der Waals surface area contributed by atoms with Crippen molar-refractivity contribution in [3.63, 3.8) is 0 Å². The number of hydrogen-bond donors (Lipinski definition) is 3. The zero-order chi connectivity index (χ0) is 13.0. The number of likely N-dealkylation sites (tertiary alicyclic amines) is 1. The maximum Gasteiger partial charge on any atom is 0.308 e. The summed E-state index contributed by atoms with van der Waals surface area (Å²) in [6, 6.07) is -1.10. The van der Waals surface area contributed by atoms with Gasteiger partial charge >= 0.3 is 11.9 Å².